The van der Waals surface area contributed by atoms with Crippen molar-refractivity contribution >= 4 is 35.6 Å². The van der Waals surface area contributed by atoms with E-state index in [-0.39, 0.29) is 24.2 Å². The van der Waals surface area contributed by atoms with E-state index in [4.69, 9.17) is 16.3 Å². The highest BCUT2D eigenvalue weighted by molar-refractivity contribution is 6.30. The number of aromatic nitrogens is 2. The predicted molar refractivity (Wildman–Crippen MR) is 122 cm³/mol. The number of methoxy groups -OCH3 is 1. The zero-order chi connectivity index (χ0) is 20.2. The maximum Gasteiger partial charge on any atom is 0.259 e. The lowest BCUT2D eigenvalue weighted by Gasteiger charge is -2.24. The van der Waals surface area contributed by atoms with Crippen molar-refractivity contribution in [1.82, 2.24) is 15.1 Å². The average molecular weight is 447 g/mol. The van der Waals surface area contributed by atoms with E-state index >= 15 is 0 Å². The van der Waals surface area contributed by atoms with Gasteiger partial charge in [0.15, 0.2) is 0 Å². The smallest absolute Gasteiger partial charge is 0.259 e. The molecule has 1 amide bonds. The zero-order valence-corrected chi connectivity index (χ0v) is 18.2. The van der Waals surface area contributed by atoms with Crippen LogP contribution in [0, 0.1) is 0 Å². The number of benzene rings is 2. The number of ether oxygens (including phenoxy) is 1. The highest BCUT2D eigenvalue weighted by Gasteiger charge is 2.27. The molecule has 1 aliphatic heterocycles. The fourth-order valence-electron chi connectivity index (χ4n) is 3.68. The Kier molecular flexibility index (Phi) is 7.37. The highest BCUT2D eigenvalue weighted by atomic mass is 35.5. The molecule has 2 aromatic carbocycles. The quantitative estimate of drug-likeness (QED) is 0.596. The van der Waals surface area contributed by atoms with Crippen LogP contribution in [0.25, 0.3) is 5.69 Å². The maximum absolute atomic E-state index is 13.1. The Balaban J connectivity index is 0.00000256. The van der Waals surface area contributed by atoms with Crippen molar-refractivity contribution in [2.45, 2.75) is 18.8 Å². The van der Waals surface area contributed by atoms with E-state index < -0.39 is 0 Å². The zero-order valence-electron chi connectivity index (χ0n) is 16.6. The molecule has 0 bridgehead atoms. The van der Waals surface area contributed by atoms with Crippen LogP contribution in [-0.4, -0.2) is 35.9 Å². The van der Waals surface area contributed by atoms with E-state index in [0.717, 1.165) is 43.1 Å². The van der Waals surface area contributed by atoms with Gasteiger partial charge in [-0.05, 0) is 74.5 Å². The lowest BCUT2D eigenvalue weighted by Crippen LogP contribution is -2.29. The maximum atomic E-state index is 13.1. The predicted octanol–water partition coefficient (Wildman–Crippen LogP) is 4.68. The fraction of sp³-hybridized carbons (Fsp3) is 0.273. The standard InChI is InChI=1S/C22H23ClN4O2.ClH/c1-29-19-8-4-17(5-9-19)26-22(28)20-14-25-27(18-6-2-16(23)3-7-18)21(20)15-10-12-24-13-11-15;/h2-9,14-15,24H,10-13H2,1H3,(H,26,28);1H. The van der Waals surface area contributed by atoms with E-state index in [1.165, 1.54) is 0 Å². The number of anilines is 1. The van der Waals surface area contributed by atoms with Gasteiger partial charge in [-0.25, -0.2) is 4.68 Å². The molecule has 0 atom stereocenters. The van der Waals surface area contributed by atoms with Gasteiger partial charge in [-0.15, -0.1) is 12.4 Å². The van der Waals surface area contributed by atoms with Crippen molar-refractivity contribution in [3.8, 4) is 11.4 Å². The number of amides is 1. The average Bonchev–Trinajstić information content (AvgIpc) is 3.21. The van der Waals surface area contributed by atoms with Gasteiger partial charge in [-0.3, -0.25) is 4.79 Å². The van der Waals surface area contributed by atoms with E-state index in [9.17, 15) is 4.79 Å². The fourth-order valence-corrected chi connectivity index (χ4v) is 3.81. The minimum atomic E-state index is -0.163. The highest BCUT2D eigenvalue weighted by Crippen LogP contribution is 2.31. The second-order valence-electron chi connectivity index (χ2n) is 7.04. The molecule has 8 heteroatoms. The second kappa shape index (κ2) is 9.98. The molecular formula is C22H24Cl2N4O2. The van der Waals surface area contributed by atoms with Crippen LogP contribution in [0.1, 0.15) is 34.8 Å². The van der Waals surface area contributed by atoms with Crippen molar-refractivity contribution < 1.29 is 9.53 Å². The summed E-state index contributed by atoms with van der Waals surface area (Å²) >= 11 is 6.04. The summed E-state index contributed by atoms with van der Waals surface area (Å²) in [6, 6.07) is 14.8. The minimum Gasteiger partial charge on any atom is -0.497 e. The molecule has 6 nitrogen and oxygen atoms in total. The third kappa shape index (κ3) is 4.78. The molecule has 2 heterocycles. The van der Waals surface area contributed by atoms with Crippen LogP contribution in [0.5, 0.6) is 5.75 Å². The van der Waals surface area contributed by atoms with Crippen LogP contribution in [-0.2, 0) is 0 Å². The van der Waals surface area contributed by atoms with E-state index in [1.807, 2.05) is 53.2 Å². The molecule has 1 fully saturated rings. The Morgan fingerprint density at radius 1 is 1.13 bits per heavy atom. The summed E-state index contributed by atoms with van der Waals surface area (Å²) in [6.45, 7) is 1.85. The van der Waals surface area contributed by atoms with Gasteiger partial charge in [0, 0.05) is 16.6 Å². The van der Waals surface area contributed by atoms with Gasteiger partial charge in [0.2, 0.25) is 0 Å². The number of piperidine rings is 1. The van der Waals surface area contributed by atoms with E-state index in [2.05, 4.69) is 15.7 Å². The Bertz CT molecular complexity index is 981. The molecule has 0 radical (unpaired) electrons. The largest absolute Gasteiger partial charge is 0.497 e. The molecule has 0 aliphatic carbocycles. The van der Waals surface area contributed by atoms with Gasteiger partial charge in [-0.2, -0.15) is 5.10 Å². The van der Waals surface area contributed by atoms with Gasteiger partial charge in [0.05, 0.1) is 30.3 Å². The van der Waals surface area contributed by atoms with Crippen LogP contribution >= 0.6 is 24.0 Å². The molecule has 1 saturated heterocycles. The number of hydrogen-bond donors (Lipinski definition) is 2. The molecule has 30 heavy (non-hydrogen) atoms. The van der Waals surface area contributed by atoms with Crippen LogP contribution in [0.15, 0.2) is 54.7 Å². The number of carbonyl (C=O) groups excluding carboxylic acids is 1. The normalized spacial score (nSPS) is 14.1. The molecule has 3 aromatic rings. The Labute approximate surface area is 187 Å². The SMILES string of the molecule is COc1ccc(NC(=O)c2cnn(-c3ccc(Cl)cc3)c2C2CCNCC2)cc1.Cl. The first kappa shape index (κ1) is 22.2. The Hall–Kier alpha value is -2.54. The van der Waals surface area contributed by atoms with E-state index in [0.29, 0.717) is 16.3 Å². The second-order valence-corrected chi connectivity index (χ2v) is 7.48. The van der Waals surface area contributed by atoms with E-state index in [1.54, 1.807) is 13.3 Å². The molecule has 0 unspecified atom stereocenters. The topological polar surface area (TPSA) is 68.2 Å². The van der Waals surface area contributed by atoms with Crippen molar-refractivity contribution in [3.63, 3.8) is 0 Å². The van der Waals surface area contributed by atoms with Crippen LogP contribution in [0.2, 0.25) is 5.02 Å². The van der Waals surface area contributed by atoms with Crippen molar-refractivity contribution in [2.24, 2.45) is 0 Å². The Morgan fingerprint density at radius 3 is 2.43 bits per heavy atom. The molecule has 4 rings (SSSR count). The summed E-state index contributed by atoms with van der Waals surface area (Å²) in [5.74, 6) is 0.837. The summed E-state index contributed by atoms with van der Waals surface area (Å²) in [7, 11) is 1.62. The summed E-state index contributed by atoms with van der Waals surface area (Å²) in [4.78, 5) is 13.1. The molecule has 1 aromatic heterocycles. The third-order valence-corrected chi connectivity index (χ3v) is 5.45. The van der Waals surface area contributed by atoms with Crippen LogP contribution < -0.4 is 15.4 Å². The number of halogens is 2. The third-order valence-electron chi connectivity index (χ3n) is 5.20. The Morgan fingerprint density at radius 2 is 1.80 bits per heavy atom. The van der Waals surface area contributed by atoms with Crippen LogP contribution in [0.3, 0.4) is 0 Å². The van der Waals surface area contributed by atoms with Gasteiger partial charge in [0.1, 0.15) is 5.75 Å². The number of nitrogens with one attached hydrogen (secondary N) is 2. The van der Waals surface area contributed by atoms with Gasteiger partial charge >= 0.3 is 0 Å². The lowest BCUT2D eigenvalue weighted by atomic mass is 9.91. The lowest BCUT2D eigenvalue weighted by molar-refractivity contribution is 0.102. The summed E-state index contributed by atoms with van der Waals surface area (Å²) in [5.41, 5.74) is 3.15. The number of hydrogen-bond acceptors (Lipinski definition) is 4. The molecule has 0 spiro atoms. The summed E-state index contributed by atoms with van der Waals surface area (Å²) in [5, 5.41) is 11.6. The summed E-state index contributed by atoms with van der Waals surface area (Å²) < 4.78 is 7.05. The van der Waals surface area contributed by atoms with Gasteiger partial charge < -0.3 is 15.4 Å². The van der Waals surface area contributed by atoms with Crippen LogP contribution in [0.4, 0.5) is 5.69 Å². The first-order valence-electron chi connectivity index (χ1n) is 9.65. The molecule has 1 aliphatic rings. The molecular weight excluding hydrogens is 423 g/mol. The number of carbonyl (C=O) groups is 1. The monoisotopic (exact) mass is 446 g/mol. The number of rotatable bonds is 5. The molecule has 0 saturated carbocycles. The van der Waals surface area contributed by atoms with Crippen molar-refractivity contribution in [3.05, 3.63) is 71.0 Å². The summed E-state index contributed by atoms with van der Waals surface area (Å²) in [6.07, 6.45) is 3.58. The molecule has 158 valence electrons. The number of nitrogens with zero attached hydrogens (tertiary/aromatic N) is 2. The van der Waals surface area contributed by atoms with Gasteiger partial charge in [0.25, 0.3) is 5.91 Å². The first-order chi connectivity index (χ1) is 14.2. The van der Waals surface area contributed by atoms with Crippen molar-refractivity contribution in [1.29, 1.82) is 0 Å². The van der Waals surface area contributed by atoms with Crippen molar-refractivity contribution in [2.75, 3.05) is 25.5 Å². The molecule has 2 N–H and O–H groups in total. The van der Waals surface area contributed by atoms with Gasteiger partial charge in [-0.1, -0.05) is 11.6 Å². The minimum absolute atomic E-state index is 0. The first-order valence-corrected chi connectivity index (χ1v) is 10.0.